The zero-order valence-corrected chi connectivity index (χ0v) is 11.1. The average Bonchev–Trinajstić information content (AvgIpc) is 2.65. The van der Waals surface area contributed by atoms with Crippen molar-refractivity contribution in [1.29, 1.82) is 0 Å². The maximum absolute atomic E-state index is 11.9. The van der Waals surface area contributed by atoms with Crippen molar-refractivity contribution in [3.63, 3.8) is 0 Å². The van der Waals surface area contributed by atoms with E-state index in [0.29, 0.717) is 22.2 Å². The lowest BCUT2D eigenvalue weighted by Crippen LogP contribution is -2.19. The molecule has 1 amide bonds. The van der Waals surface area contributed by atoms with Crippen LogP contribution in [0.2, 0.25) is 10.0 Å². The van der Waals surface area contributed by atoms with Gasteiger partial charge < -0.3 is 0 Å². The standard InChI is InChI=1S/C12H12Cl2N2O/c1-7(2)9-6-11(17)16(15-9)10-5-3-4-8(13)12(10)14/h3-5,7H,6H2,1-2H3. The molecular formula is C12H12Cl2N2O. The van der Waals surface area contributed by atoms with E-state index in [2.05, 4.69) is 5.10 Å². The molecule has 3 nitrogen and oxygen atoms in total. The zero-order chi connectivity index (χ0) is 12.6. The number of rotatable bonds is 2. The summed E-state index contributed by atoms with van der Waals surface area (Å²) in [7, 11) is 0. The molecule has 0 saturated carbocycles. The minimum Gasteiger partial charge on any atom is -0.272 e. The Morgan fingerprint density at radius 1 is 1.35 bits per heavy atom. The van der Waals surface area contributed by atoms with E-state index in [4.69, 9.17) is 23.2 Å². The first kappa shape index (κ1) is 12.4. The van der Waals surface area contributed by atoms with Crippen LogP contribution in [0, 0.1) is 5.92 Å². The Morgan fingerprint density at radius 3 is 2.65 bits per heavy atom. The normalized spacial score (nSPS) is 15.7. The van der Waals surface area contributed by atoms with Crippen molar-refractivity contribution in [2.24, 2.45) is 11.0 Å². The topological polar surface area (TPSA) is 32.7 Å². The summed E-state index contributed by atoms with van der Waals surface area (Å²) in [5.41, 5.74) is 1.41. The maximum atomic E-state index is 11.9. The Hall–Kier alpha value is -1.06. The number of benzene rings is 1. The summed E-state index contributed by atoms with van der Waals surface area (Å²) in [6.45, 7) is 4.02. The van der Waals surface area contributed by atoms with E-state index in [0.717, 1.165) is 5.71 Å². The second-order valence-electron chi connectivity index (χ2n) is 4.20. The number of amides is 1. The Bertz CT molecular complexity index is 497. The smallest absolute Gasteiger partial charge is 0.253 e. The largest absolute Gasteiger partial charge is 0.272 e. The van der Waals surface area contributed by atoms with E-state index in [1.54, 1.807) is 18.2 Å². The summed E-state index contributed by atoms with van der Waals surface area (Å²) < 4.78 is 0. The molecule has 0 unspecified atom stereocenters. The van der Waals surface area contributed by atoms with Crippen LogP contribution in [-0.4, -0.2) is 11.6 Å². The molecule has 1 aromatic carbocycles. The van der Waals surface area contributed by atoms with Crippen molar-refractivity contribution in [2.75, 3.05) is 5.01 Å². The number of hydrogen-bond acceptors (Lipinski definition) is 2. The highest BCUT2D eigenvalue weighted by molar-refractivity contribution is 6.44. The van der Waals surface area contributed by atoms with Crippen molar-refractivity contribution in [1.82, 2.24) is 0 Å². The van der Waals surface area contributed by atoms with Crippen LogP contribution >= 0.6 is 23.2 Å². The molecule has 0 atom stereocenters. The first-order valence-electron chi connectivity index (χ1n) is 5.35. The van der Waals surface area contributed by atoms with Gasteiger partial charge in [0.25, 0.3) is 5.91 Å². The van der Waals surface area contributed by atoms with Gasteiger partial charge in [-0.2, -0.15) is 10.1 Å². The van der Waals surface area contributed by atoms with Crippen LogP contribution in [0.4, 0.5) is 5.69 Å². The van der Waals surface area contributed by atoms with Crippen molar-refractivity contribution >= 4 is 40.5 Å². The van der Waals surface area contributed by atoms with Crippen LogP contribution in [0.3, 0.4) is 0 Å². The summed E-state index contributed by atoms with van der Waals surface area (Å²) >= 11 is 12.0. The van der Waals surface area contributed by atoms with Gasteiger partial charge in [-0.05, 0) is 18.1 Å². The highest BCUT2D eigenvalue weighted by Gasteiger charge is 2.28. The van der Waals surface area contributed by atoms with Crippen molar-refractivity contribution < 1.29 is 4.79 Å². The molecule has 90 valence electrons. The number of carbonyl (C=O) groups is 1. The third-order valence-electron chi connectivity index (χ3n) is 2.62. The molecule has 0 radical (unpaired) electrons. The molecule has 17 heavy (non-hydrogen) atoms. The molecule has 1 aliphatic heterocycles. The van der Waals surface area contributed by atoms with Crippen molar-refractivity contribution in [3.05, 3.63) is 28.2 Å². The molecule has 0 spiro atoms. The monoisotopic (exact) mass is 270 g/mol. The highest BCUT2D eigenvalue weighted by Crippen LogP contribution is 2.34. The third-order valence-corrected chi connectivity index (χ3v) is 3.43. The molecule has 0 N–H and O–H groups in total. The number of carbonyl (C=O) groups excluding carboxylic acids is 1. The van der Waals surface area contributed by atoms with E-state index in [1.165, 1.54) is 5.01 Å². The van der Waals surface area contributed by atoms with Crippen LogP contribution in [-0.2, 0) is 4.79 Å². The van der Waals surface area contributed by atoms with E-state index in [-0.39, 0.29) is 11.8 Å². The van der Waals surface area contributed by atoms with Gasteiger partial charge in [0.1, 0.15) is 0 Å². The van der Waals surface area contributed by atoms with Crippen LogP contribution in [0.1, 0.15) is 20.3 Å². The summed E-state index contributed by atoms with van der Waals surface area (Å²) in [5.74, 6) is 0.180. The second kappa shape index (κ2) is 4.67. The van der Waals surface area contributed by atoms with Gasteiger partial charge >= 0.3 is 0 Å². The van der Waals surface area contributed by atoms with Gasteiger partial charge in [-0.25, -0.2) is 0 Å². The fourth-order valence-corrected chi connectivity index (χ4v) is 1.99. The number of nitrogens with zero attached hydrogens (tertiary/aromatic N) is 2. The Morgan fingerprint density at radius 2 is 2.06 bits per heavy atom. The number of hydrogen-bond donors (Lipinski definition) is 0. The van der Waals surface area contributed by atoms with E-state index in [1.807, 2.05) is 13.8 Å². The lowest BCUT2D eigenvalue weighted by Gasteiger charge is -2.13. The van der Waals surface area contributed by atoms with Crippen LogP contribution < -0.4 is 5.01 Å². The quantitative estimate of drug-likeness (QED) is 0.806. The van der Waals surface area contributed by atoms with Crippen molar-refractivity contribution in [2.45, 2.75) is 20.3 Å². The molecule has 0 aliphatic carbocycles. The Kier molecular flexibility index (Phi) is 3.40. The summed E-state index contributed by atoms with van der Waals surface area (Å²) in [6, 6.07) is 5.17. The molecule has 1 aliphatic rings. The minimum atomic E-state index is -0.0714. The van der Waals surface area contributed by atoms with Crippen LogP contribution in [0.15, 0.2) is 23.3 Å². The maximum Gasteiger partial charge on any atom is 0.253 e. The predicted octanol–water partition coefficient (Wildman–Crippen LogP) is 3.74. The molecule has 0 fully saturated rings. The number of anilines is 1. The van der Waals surface area contributed by atoms with Gasteiger partial charge in [-0.1, -0.05) is 43.1 Å². The zero-order valence-electron chi connectivity index (χ0n) is 9.58. The second-order valence-corrected chi connectivity index (χ2v) is 4.99. The number of halogens is 2. The molecule has 1 heterocycles. The Labute approximate surface area is 110 Å². The van der Waals surface area contributed by atoms with Crippen LogP contribution in [0.5, 0.6) is 0 Å². The summed E-state index contributed by atoms with van der Waals surface area (Å²) in [5, 5.41) is 6.41. The minimum absolute atomic E-state index is 0.0714. The first-order chi connectivity index (χ1) is 8.00. The molecule has 0 bridgehead atoms. The molecule has 5 heteroatoms. The molecule has 0 aromatic heterocycles. The lowest BCUT2D eigenvalue weighted by atomic mass is 10.1. The van der Waals surface area contributed by atoms with Gasteiger partial charge in [0.05, 0.1) is 27.9 Å². The van der Waals surface area contributed by atoms with Gasteiger partial charge in [0.2, 0.25) is 0 Å². The molecular weight excluding hydrogens is 259 g/mol. The highest BCUT2D eigenvalue weighted by atomic mass is 35.5. The SMILES string of the molecule is CC(C)C1=NN(c2cccc(Cl)c2Cl)C(=O)C1. The summed E-state index contributed by atoms with van der Waals surface area (Å²) in [4.78, 5) is 11.9. The first-order valence-corrected chi connectivity index (χ1v) is 6.10. The number of hydrazone groups is 1. The van der Waals surface area contributed by atoms with E-state index in [9.17, 15) is 4.79 Å². The molecule has 0 saturated heterocycles. The van der Waals surface area contributed by atoms with E-state index < -0.39 is 0 Å². The Balaban J connectivity index is 2.41. The predicted molar refractivity (Wildman–Crippen MR) is 70.8 cm³/mol. The molecule has 2 rings (SSSR count). The van der Waals surface area contributed by atoms with E-state index >= 15 is 0 Å². The fraction of sp³-hybridized carbons (Fsp3) is 0.333. The lowest BCUT2D eigenvalue weighted by molar-refractivity contribution is -0.116. The van der Waals surface area contributed by atoms with Gasteiger partial charge in [0, 0.05) is 0 Å². The fourth-order valence-electron chi connectivity index (χ4n) is 1.61. The summed E-state index contributed by atoms with van der Waals surface area (Å²) in [6.07, 6.45) is 0.348. The van der Waals surface area contributed by atoms with Gasteiger partial charge in [0.15, 0.2) is 0 Å². The van der Waals surface area contributed by atoms with Crippen LogP contribution in [0.25, 0.3) is 0 Å². The van der Waals surface area contributed by atoms with Gasteiger partial charge in [-0.15, -0.1) is 0 Å². The average molecular weight is 271 g/mol. The van der Waals surface area contributed by atoms with Crippen molar-refractivity contribution in [3.8, 4) is 0 Å². The van der Waals surface area contributed by atoms with Gasteiger partial charge in [-0.3, -0.25) is 4.79 Å². The third kappa shape index (κ3) is 2.31. The molecule has 1 aromatic rings.